The largest absolute Gasteiger partial charge is 0.392 e. The predicted molar refractivity (Wildman–Crippen MR) is 63.4 cm³/mol. The van der Waals surface area contributed by atoms with Gasteiger partial charge in [0.15, 0.2) is 0 Å². The lowest BCUT2D eigenvalue weighted by Gasteiger charge is -2.02. The van der Waals surface area contributed by atoms with Gasteiger partial charge in [0.05, 0.1) is 6.61 Å². The van der Waals surface area contributed by atoms with E-state index in [1.165, 1.54) is 4.88 Å². The van der Waals surface area contributed by atoms with Crippen molar-refractivity contribution in [3.8, 4) is 10.4 Å². The molecule has 0 aliphatic rings. The van der Waals surface area contributed by atoms with Gasteiger partial charge in [-0.25, -0.2) is 0 Å². The SMILES string of the molecule is OCc1cc(Br)cc(-c2cccs2)c1. The fourth-order valence-corrected chi connectivity index (χ4v) is 2.58. The van der Waals surface area contributed by atoms with E-state index in [9.17, 15) is 0 Å². The van der Waals surface area contributed by atoms with E-state index in [1.807, 2.05) is 18.2 Å². The summed E-state index contributed by atoms with van der Waals surface area (Å²) in [6.07, 6.45) is 0. The maximum atomic E-state index is 9.07. The van der Waals surface area contributed by atoms with Crippen LogP contribution in [0.2, 0.25) is 0 Å². The molecule has 2 aromatic rings. The molecule has 72 valence electrons. The van der Waals surface area contributed by atoms with Crippen LogP contribution in [0.5, 0.6) is 0 Å². The van der Waals surface area contributed by atoms with Crippen molar-refractivity contribution < 1.29 is 5.11 Å². The van der Waals surface area contributed by atoms with Crippen LogP contribution < -0.4 is 0 Å². The molecule has 1 aromatic carbocycles. The Kier molecular flexibility index (Phi) is 3.01. The van der Waals surface area contributed by atoms with Crippen molar-refractivity contribution in [3.63, 3.8) is 0 Å². The summed E-state index contributed by atoms with van der Waals surface area (Å²) in [6.45, 7) is 0.0812. The van der Waals surface area contributed by atoms with Crippen molar-refractivity contribution in [2.75, 3.05) is 0 Å². The molecule has 0 saturated heterocycles. The van der Waals surface area contributed by atoms with Crippen molar-refractivity contribution in [1.82, 2.24) is 0 Å². The van der Waals surface area contributed by atoms with Crippen molar-refractivity contribution in [1.29, 1.82) is 0 Å². The average molecular weight is 269 g/mol. The first-order valence-corrected chi connectivity index (χ1v) is 5.91. The van der Waals surface area contributed by atoms with Gasteiger partial charge in [-0.15, -0.1) is 11.3 Å². The third-order valence-corrected chi connectivity index (χ3v) is 3.32. The molecule has 14 heavy (non-hydrogen) atoms. The quantitative estimate of drug-likeness (QED) is 0.881. The molecule has 0 fully saturated rings. The summed E-state index contributed by atoms with van der Waals surface area (Å²) in [4.78, 5) is 1.22. The van der Waals surface area contributed by atoms with Gasteiger partial charge in [-0.05, 0) is 40.8 Å². The Labute approximate surface area is 95.2 Å². The zero-order chi connectivity index (χ0) is 9.97. The fraction of sp³-hybridized carbons (Fsp3) is 0.0909. The van der Waals surface area contributed by atoms with Crippen LogP contribution in [-0.4, -0.2) is 5.11 Å². The molecule has 0 aliphatic carbocycles. The molecule has 2 rings (SSSR count). The molecule has 0 atom stereocenters. The third-order valence-electron chi connectivity index (χ3n) is 1.95. The number of halogens is 1. The first-order valence-electron chi connectivity index (χ1n) is 4.24. The van der Waals surface area contributed by atoms with Crippen molar-refractivity contribution in [2.24, 2.45) is 0 Å². The lowest BCUT2D eigenvalue weighted by atomic mass is 10.1. The molecule has 0 radical (unpaired) electrons. The summed E-state index contributed by atoms with van der Waals surface area (Å²) in [6, 6.07) is 10.1. The van der Waals surface area contributed by atoms with Crippen molar-refractivity contribution >= 4 is 27.3 Å². The highest BCUT2D eigenvalue weighted by molar-refractivity contribution is 9.10. The van der Waals surface area contributed by atoms with E-state index < -0.39 is 0 Å². The number of hydrogen-bond acceptors (Lipinski definition) is 2. The number of hydrogen-bond donors (Lipinski definition) is 1. The summed E-state index contributed by atoms with van der Waals surface area (Å²) >= 11 is 5.13. The third kappa shape index (κ3) is 2.05. The molecule has 0 unspecified atom stereocenters. The molecule has 1 N–H and O–H groups in total. The Morgan fingerprint density at radius 1 is 1.29 bits per heavy atom. The molecular weight excluding hydrogens is 260 g/mol. The molecule has 0 bridgehead atoms. The number of benzene rings is 1. The molecule has 0 amide bonds. The van der Waals surface area contributed by atoms with Crippen LogP contribution in [0.4, 0.5) is 0 Å². The van der Waals surface area contributed by atoms with E-state index in [1.54, 1.807) is 11.3 Å². The molecule has 1 heterocycles. The van der Waals surface area contributed by atoms with Gasteiger partial charge in [-0.3, -0.25) is 0 Å². The van der Waals surface area contributed by atoms with Gasteiger partial charge in [0.1, 0.15) is 0 Å². The van der Waals surface area contributed by atoms with Gasteiger partial charge in [0.25, 0.3) is 0 Å². The molecule has 0 spiro atoms. The first kappa shape index (κ1) is 9.90. The number of thiophene rings is 1. The summed E-state index contributed by atoms with van der Waals surface area (Å²) < 4.78 is 1.01. The van der Waals surface area contributed by atoms with E-state index in [2.05, 4.69) is 33.4 Å². The second kappa shape index (κ2) is 4.26. The summed E-state index contributed by atoms with van der Waals surface area (Å²) in [5.41, 5.74) is 2.08. The minimum atomic E-state index is 0.0812. The average Bonchev–Trinajstić information content (AvgIpc) is 2.69. The molecule has 0 aliphatic heterocycles. The van der Waals surface area contributed by atoms with Crippen molar-refractivity contribution in [2.45, 2.75) is 6.61 Å². The minimum absolute atomic E-state index is 0.0812. The predicted octanol–water partition coefficient (Wildman–Crippen LogP) is 3.67. The molecule has 3 heteroatoms. The lowest BCUT2D eigenvalue weighted by molar-refractivity contribution is 0.282. The van der Waals surface area contributed by atoms with Gasteiger partial charge < -0.3 is 5.11 Å². The monoisotopic (exact) mass is 268 g/mol. The summed E-state index contributed by atoms with van der Waals surface area (Å²) in [7, 11) is 0. The van der Waals surface area contributed by atoms with Crippen LogP contribution in [0.25, 0.3) is 10.4 Å². The highest BCUT2D eigenvalue weighted by atomic mass is 79.9. The number of rotatable bonds is 2. The Morgan fingerprint density at radius 3 is 2.79 bits per heavy atom. The highest BCUT2D eigenvalue weighted by Gasteiger charge is 2.01. The second-order valence-corrected chi connectivity index (χ2v) is 4.85. The van der Waals surface area contributed by atoms with Crippen LogP contribution in [0.1, 0.15) is 5.56 Å². The maximum absolute atomic E-state index is 9.07. The van der Waals surface area contributed by atoms with Gasteiger partial charge in [0.2, 0.25) is 0 Å². The zero-order valence-corrected chi connectivity index (χ0v) is 9.81. The van der Waals surface area contributed by atoms with E-state index in [0.29, 0.717) is 0 Å². The fourth-order valence-electron chi connectivity index (χ4n) is 1.33. The van der Waals surface area contributed by atoms with Crippen LogP contribution in [0, 0.1) is 0 Å². The molecule has 1 aromatic heterocycles. The maximum Gasteiger partial charge on any atom is 0.0682 e. The van der Waals surface area contributed by atoms with Crippen molar-refractivity contribution in [3.05, 3.63) is 45.7 Å². The molecular formula is C11H9BrOS. The Morgan fingerprint density at radius 2 is 2.14 bits per heavy atom. The highest BCUT2D eigenvalue weighted by Crippen LogP contribution is 2.28. The zero-order valence-electron chi connectivity index (χ0n) is 7.40. The van der Waals surface area contributed by atoms with Crippen LogP contribution >= 0.6 is 27.3 Å². The van der Waals surface area contributed by atoms with Gasteiger partial charge in [-0.1, -0.05) is 22.0 Å². The minimum Gasteiger partial charge on any atom is -0.392 e. The summed E-state index contributed by atoms with van der Waals surface area (Å²) in [5.74, 6) is 0. The topological polar surface area (TPSA) is 20.2 Å². The Bertz CT molecular complexity index is 423. The Balaban J connectivity index is 2.48. The first-order chi connectivity index (χ1) is 6.79. The van der Waals surface area contributed by atoms with E-state index in [4.69, 9.17) is 5.11 Å². The summed E-state index contributed by atoms with van der Waals surface area (Å²) in [5, 5.41) is 11.1. The number of aliphatic hydroxyl groups is 1. The van der Waals surface area contributed by atoms with Gasteiger partial charge >= 0.3 is 0 Å². The molecule has 0 saturated carbocycles. The van der Waals surface area contributed by atoms with Crippen LogP contribution in [-0.2, 0) is 6.61 Å². The van der Waals surface area contributed by atoms with Gasteiger partial charge in [-0.2, -0.15) is 0 Å². The normalized spacial score (nSPS) is 10.4. The van der Waals surface area contributed by atoms with E-state index in [-0.39, 0.29) is 6.61 Å². The lowest BCUT2D eigenvalue weighted by Crippen LogP contribution is -1.84. The van der Waals surface area contributed by atoms with Crippen LogP contribution in [0.15, 0.2) is 40.2 Å². The Hall–Kier alpha value is -0.640. The van der Waals surface area contributed by atoms with Gasteiger partial charge in [0, 0.05) is 9.35 Å². The van der Waals surface area contributed by atoms with E-state index in [0.717, 1.165) is 15.6 Å². The van der Waals surface area contributed by atoms with E-state index >= 15 is 0 Å². The second-order valence-electron chi connectivity index (χ2n) is 2.98. The smallest absolute Gasteiger partial charge is 0.0682 e. The standard InChI is InChI=1S/C11H9BrOS/c12-10-5-8(7-13)4-9(6-10)11-2-1-3-14-11/h1-6,13H,7H2. The molecule has 1 nitrogen and oxygen atoms in total. The van der Waals surface area contributed by atoms with Crippen LogP contribution in [0.3, 0.4) is 0 Å². The number of aliphatic hydroxyl groups excluding tert-OH is 1.